The van der Waals surface area contributed by atoms with Crippen LogP contribution in [0, 0.1) is 0 Å². The predicted octanol–water partition coefficient (Wildman–Crippen LogP) is 2.34. The summed E-state index contributed by atoms with van der Waals surface area (Å²) in [5, 5.41) is 4.52. The first kappa shape index (κ1) is 14.6. The minimum Gasteiger partial charge on any atom is -0.368 e. The molecule has 2 aromatic rings. The molecular formula is C16H23N3O. The molecule has 0 aliphatic rings. The molecule has 2 rings (SSSR count). The Kier molecular flexibility index (Phi) is 4.79. The lowest BCUT2D eigenvalue weighted by molar-refractivity contribution is -0.120. The monoisotopic (exact) mass is 273 g/mol. The van der Waals surface area contributed by atoms with Gasteiger partial charge < -0.3 is 16.0 Å². The number of carbonyl (C=O) groups is 1. The van der Waals surface area contributed by atoms with Crippen LogP contribution in [0.2, 0.25) is 0 Å². The molecule has 1 aromatic heterocycles. The lowest BCUT2D eigenvalue weighted by Crippen LogP contribution is -2.47. The molecule has 1 aromatic carbocycles. The van der Waals surface area contributed by atoms with E-state index in [9.17, 15) is 4.79 Å². The summed E-state index contributed by atoms with van der Waals surface area (Å²) in [6, 6.07) is 8.11. The van der Waals surface area contributed by atoms with E-state index in [1.165, 1.54) is 0 Å². The van der Waals surface area contributed by atoms with E-state index in [1.54, 1.807) is 0 Å². The van der Waals surface area contributed by atoms with Crippen molar-refractivity contribution in [2.45, 2.75) is 45.2 Å². The molecule has 0 saturated heterocycles. The third-order valence-electron chi connectivity index (χ3n) is 3.86. The fourth-order valence-electron chi connectivity index (χ4n) is 2.57. The number of amides is 1. The highest BCUT2D eigenvalue weighted by atomic mass is 16.1. The molecule has 1 unspecified atom stereocenters. The van der Waals surface area contributed by atoms with Crippen molar-refractivity contribution in [3.8, 4) is 0 Å². The van der Waals surface area contributed by atoms with Gasteiger partial charge in [-0.2, -0.15) is 0 Å². The van der Waals surface area contributed by atoms with Crippen molar-refractivity contribution in [3.63, 3.8) is 0 Å². The first-order valence-corrected chi connectivity index (χ1v) is 7.26. The zero-order valence-corrected chi connectivity index (χ0v) is 12.1. The second-order valence-electron chi connectivity index (χ2n) is 5.20. The second kappa shape index (κ2) is 6.57. The number of aromatic amines is 1. The highest BCUT2D eigenvalue weighted by Crippen LogP contribution is 2.19. The molecule has 0 aliphatic heterocycles. The van der Waals surface area contributed by atoms with Gasteiger partial charge in [-0.1, -0.05) is 32.0 Å². The van der Waals surface area contributed by atoms with Crippen LogP contribution in [-0.2, 0) is 11.2 Å². The average molecular weight is 273 g/mol. The normalized spacial score (nSPS) is 12.9. The third-order valence-corrected chi connectivity index (χ3v) is 3.86. The van der Waals surface area contributed by atoms with Crippen molar-refractivity contribution in [3.05, 3.63) is 36.0 Å². The Morgan fingerprint density at radius 2 is 2.00 bits per heavy atom. The van der Waals surface area contributed by atoms with Crippen LogP contribution in [0.25, 0.3) is 10.9 Å². The van der Waals surface area contributed by atoms with E-state index < -0.39 is 0 Å². The summed E-state index contributed by atoms with van der Waals surface area (Å²) in [6.45, 7) is 4.23. The van der Waals surface area contributed by atoms with Gasteiger partial charge in [-0.15, -0.1) is 0 Å². The highest BCUT2D eigenvalue weighted by Gasteiger charge is 2.20. The molecule has 4 heteroatoms. The fraction of sp³-hybridized carbons (Fsp3) is 0.438. The van der Waals surface area contributed by atoms with Crippen molar-refractivity contribution in [1.29, 1.82) is 0 Å². The summed E-state index contributed by atoms with van der Waals surface area (Å²) in [6.07, 6.45) is 4.58. The minimum atomic E-state index is -0.320. The molecule has 1 atom stereocenters. The van der Waals surface area contributed by atoms with Crippen LogP contribution >= 0.6 is 0 Å². The molecule has 20 heavy (non-hydrogen) atoms. The average Bonchev–Trinajstić information content (AvgIpc) is 2.86. The van der Waals surface area contributed by atoms with Gasteiger partial charge in [0, 0.05) is 23.1 Å². The number of rotatable bonds is 7. The quantitative estimate of drug-likeness (QED) is 0.724. The largest absolute Gasteiger partial charge is 0.368 e. The predicted molar refractivity (Wildman–Crippen MR) is 82.5 cm³/mol. The first-order chi connectivity index (χ1) is 9.65. The van der Waals surface area contributed by atoms with Crippen LogP contribution in [0.15, 0.2) is 30.5 Å². The van der Waals surface area contributed by atoms with Gasteiger partial charge in [0.25, 0.3) is 0 Å². The topological polar surface area (TPSA) is 70.9 Å². The van der Waals surface area contributed by atoms with Gasteiger partial charge in [0.2, 0.25) is 5.91 Å². The van der Waals surface area contributed by atoms with Crippen LogP contribution < -0.4 is 11.1 Å². The maximum Gasteiger partial charge on any atom is 0.234 e. The molecule has 0 spiro atoms. The van der Waals surface area contributed by atoms with Gasteiger partial charge >= 0.3 is 0 Å². The Morgan fingerprint density at radius 1 is 1.30 bits per heavy atom. The third kappa shape index (κ3) is 3.20. The Labute approximate surface area is 119 Å². The zero-order chi connectivity index (χ0) is 14.5. The molecule has 1 heterocycles. The molecule has 0 saturated carbocycles. The minimum absolute atomic E-state index is 0.290. The first-order valence-electron chi connectivity index (χ1n) is 7.26. The summed E-state index contributed by atoms with van der Waals surface area (Å²) < 4.78 is 0. The Hall–Kier alpha value is -1.81. The number of fused-ring (bicyclic) bond motifs is 1. The van der Waals surface area contributed by atoms with E-state index >= 15 is 0 Å². The van der Waals surface area contributed by atoms with Crippen molar-refractivity contribution < 1.29 is 4.79 Å². The lowest BCUT2D eigenvalue weighted by Gasteiger charge is -2.21. The van der Waals surface area contributed by atoms with Crippen molar-refractivity contribution >= 4 is 16.8 Å². The maximum atomic E-state index is 11.7. The van der Waals surface area contributed by atoms with Crippen LogP contribution in [-0.4, -0.2) is 23.0 Å². The van der Waals surface area contributed by atoms with Gasteiger partial charge in [0.05, 0.1) is 6.04 Å². The lowest BCUT2D eigenvalue weighted by atomic mass is 10.0. The zero-order valence-electron chi connectivity index (χ0n) is 12.1. The number of benzene rings is 1. The van der Waals surface area contributed by atoms with Crippen LogP contribution in [0.4, 0.5) is 0 Å². The fourth-order valence-corrected chi connectivity index (χ4v) is 2.57. The molecule has 0 bridgehead atoms. The van der Waals surface area contributed by atoms with E-state index in [0.717, 1.165) is 29.3 Å². The number of carbonyl (C=O) groups excluding carboxylic acids is 1. The van der Waals surface area contributed by atoms with Crippen molar-refractivity contribution in [1.82, 2.24) is 10.3 Å². The van der Waals surface area contributed by atoms with Gasteiger partial charge in [0.1, 0.15) is 0 Å². The van der Waals surface area contributed by atoms with E-state index in [0.29, 0.717) is 12.5 Å². The Balaban J connectivity index is 2.17. The highest BCUT2D eigenvalue weighted by molar-refractivity contribution is 5.85. The van der Waals surface area contributed by atoms with E-state index in [4.69, 9.17) is 5.73 Å². The molecule has 108 valence electrons. The van der Waals surface area contributed by atoms with E-state index in [-0.39, 0.29) is 11.9 Å². The maximum absolute atomic E-state index is 11.7. The number of H-pyrrole nitrogens is 1. The molecule has 0 aliphatic carbocycles. The number of nitrogens with two attached hydrogens (primary N) is 1. The molecule has 0 radical (unpaired) electrons. The summed E-state index contributed by atoms with van der Waals surface area (Å²) in [4.78, 5) is 14.9. The summed E-state index contributed by atoms with van der Waals surface area (Å²) in [5.41, 5.74) is 7.76. The molecular weight excluding hydrogens is 250 g/mol. The number of aromatic nitrogens is 1. The Morgan fingerprint density at radius 3 is 2.65 bits per heavy atom. The van der Waals surface area contributed by atoms with Crippen LogP contribution in [0.1, 0.15) is 32.3 Å². The van der Waals surface area contributed by atoms with E-state index in [1.807, 2.05) is 24.4 Å². The molecule has 4 N–H and O–H groups in total. The van der Waals surface area contributed by atoms with Crippen molar-refractivity contribution in [2.24, 2.45) is 5.73 Å². The smallest absolute Gasteiger partial charge is 0.234 e. The van der Waals surface area contributed by atoms with E-state index in [2.05, 4.69) is 30.2 Å². The molecule has 4 nitrogen and oxygen atoms in total. The standard InChI is InChI=1S/C16H23N3O/c1-3-12(4-2)19-15(16(17)20)9-11-10-18-14-8-6-5-7-13(11)14/h5-8,10,12,15,18-19H,3-4,9H2,1-2H3,(H2,17,20). The van der Waals surface area contributed by atoms with Gasteiger partial charge in [0.15, 0.2) is 0 Å². The van der Waals surface area contributed by atoms with Crippen LogP contribution in [0.3, 0.4) is 0 Å². The molecule has 0 fully saturated rings. The van der Waals surface area contributed by atoms with Gasteiger partial charge in [-0.25, -0.2) is 0 Å². The van der Waals surface area contributed by atoms with Gasteiger partial charge in [-0.05, 0) is 30.9 Å². The Bertz CT molecular complexity index is 572. The summed E-state index contributed by atoms with van der Waals surface area (Å²) >= 11 is 0. The van der Waals surface area contributed by atoms with Crippen molar-refractivity contribution in [2.75, 3.05) is 0 Å². The number of nitrogens with one attached hydrogen (secondary N) is 2. The number of primary amides is 1. The number of para-hydroxylation sites is 1. The number of hydrogen-bond acceptors (Lipinski definition) is 2. The summed E-state index contributed by atoms with van der Waals surface area (Å²) in [7, 11) is 0. The second-order valence-corrected chi connectivity index (χ2v) is 5.20. The van der Waals surface area contributed by atoms with Gasteiger partial charge in [-0.3, -0.25) is 4.79 Å². The summed E-state index contributed by atoms with van der Waals surface area (Å²) in [5.74, 6) is -0.290. The molecule has 1 amide bonds. The SMILES string of the molecule is CCC(CC)NC(Cc1c[nH]c2ccccc12)C(N)=O. The number of hydrogen-bond donors (Lipinski definition) is 3. The van der Waals surface area contributed by atoms with Crippen LogP contribution in [0.5, 0.6) is 0 Å².